The lowest BCUT2D eigenvalue weighted by Crippen LogP contribution is -2.04. The second kappa shape index (κ2) is 5.94. The lowest BCUT2D eigenvalue weighted by molar-refractivity contribution is 0.476. The number of rotatable bonds is 3. The maximum atomic E-state index is 9.54. The first kappa shape index (κ1) is 15.0. The van der Waals surface area contributed by atoms with Crippen LogP contribution in [0.5, 0.6) is 5.75 Å². The standard InChI is InChI=1S/C16H17Cl2NO/c1-9-4-10(2)13(11(3)5-9)8-19-12-6-14(17)16(20)15(18)7-12/h4-7,19-20H,8H2,1-3H3. The van der Waals surface area contributed by atoms with E-state index in [1.54, 1.807) is 12.1 Å². The lowest BCUT2D eigenvalue weighted by atomic mass is 10.00. The fourth-order valence-electron chi connectivity index (χ4n) is 2.35. The monoisotopic (exact) mass is 309 g/mol. The van der Waals surface area contributed by atoms with Crippen LogP contribution in [-0.4, -0.2) is 5.11 Å². The van der Waals surface area contributed by atoms with E-state index in [0.29, 0.717) is 6.54 Å². The number of aromatic hydroxyl groups is 1. The Morgan fingerprint density at radius 1 is 0.950 bits per heavy atom. The number of phenols is 1. The number of nitrogens with one attached hydrogen (secondary N) is 1. The van der Waals surface area contributed by atoms with Gasteiger partial charge in [0.25, 0.3) is 0 Å². The normalized spacial score (nSPS) is 10.7. The number of phenolic OH excluding ortho intramolecular Hbond substituents is 1. The lowest BCUT2D eigenvalue weighted by Gasteiger charge is -2.14. The Kier molecular flexibility index (Phi) is 4.46. The van der Waals surface area contributed by atoms with Gasteiger partial charge in [0, 0.05) is 12.2 Å². The van der Waals surface area contributed by atoms with Crippen LogP contribution in [0.1, 0.15) is 22.3 Å². The van der Waals surface area contributed by atoms with Gasteiger partial charge in [-0.05, 0) is 49.6 Å². The van der Waals surface area contributed by atoms with E-state index < -0.39 is 0 Å². The summed E-state index contributed by atoms with van der Waals surface area (Å²) >= 11 is 11.8. The van der Waals surface area contributed by atoms with Crippen molar-refractivity contribution in [2.45, 2.75) is 27.3 Å². The summed E-state index contributed by atoms with van der Waals surface area (Å²) in [6.45, 7) is 6.99. The molecule has 4 heteroatoms. The summed E-state index contributed by atoms with van der Waals surface area (Å²) in [6.07, 6.45) is 0. The minimum atomic E-state index is -0.0819. The van der Waals surface area contributed by atoms with Crippen molar-refractivity contribution in [3.8, 4) is 5.75 Å². The van der Waals surface area contributed by atoms with E-state index >= 15 is 0 Å². The highest BCUT2D eigenvalue weighted by Crippen LogP contribution is 2.34. The molecule has 106 valence electrons. The summed E-state index contributed by atoms with van der Waals surface area (Å²) in [7, 11) is 0. The van der Waals surface area contributed by atoms with Crippen LogP contribution in [-0.2, 0) is 6.54 Å². The third-order valence-electron chi connectivity index (χ3n) is 3.33. The quantitative estimate of drug-likeness (QED) is 0.760. The average Bonchev–Trinajstić information content (AvgIpc) is 2.34. The summed E-state index contributed by atoms with van der Waals surface area (Å²) in [5.74, 6) is -0.0819. The molecule has 2 N–H and O–H groups in total. The van der Waals surface area contributed by atoms with Crippen molar-refractivity contribution in [1.29, 1.82) is 0 Å². The van der Waals surface area contributed by atoms with Gasteiger partial charge in [-0.25, -0.2) is 0 Å². The molecule has 0 fully saturated rings. The summed E-state index contributed by atoms with van der Waals surface area (Å²) < 4.78 is 0. The van der Waals surface area contributed by atoms with Gasteiger partial charge in [-0.2, -0.15) is 0 Å². The van der Waals surface area contributed by atoms with E-state index in [0.717, 1.165) is 5.69 Å². The smallest absolute Gasteiger partial charge is 0.152 e. The molecular formula is C16H17Cl2NO. The van der Waals surface area contributed by atoms with E-state index in [1.807, 2.05) is 0 Å². The highest BCUT2D eigenvalue weighted by Gasteiger charge is 2.08. The minimum absolute atomic E-state index is 0.0819. The molecule has 0 saturated heterocycles. The van der Waals surface area contributed by atoms with Crippen molar-refractivity contribution in [2.75, 3.05) is 5.32 Å². The molecule has 0 aliphatic heterocycles. The molecule has 0 aromatic heterocycles. The Labute approximate surface area is 129 Å². The van der Waals surface area contributed by atoms with Gasteiger partial charge in [0.05, 0.1) is 10.0 Å². The van der Waals surface area contributed by atoms with Gasteiger partial charge < -0.3 is 10.4 Å². The van der Waals surface area contributed by atoms with E-state index in [4.69, 9.17) is 23.2 Å². The highest BCUT2D eigenvalue weighted by atomic mass is 35.5. The highest BCUT2D eigenvalue weighted by molar-refractivity contribution is 6.37. The third kappa shape index (κ3) is 3.20. The predicted octanol–water partition coefficient (Wildman–Crippen LogP) is 5.24. The van der Waals surface area contributed by atoms with Gasteiger partial charge in [0.15, 0.2) is 5.75 Å². The van der Waals surface area contributed by atoms with Crippen molar-refractivity contribution < 1.29 is 5.11 Å². The zero-order chi connectivity index (χ0) is 14.9. The van der Waals surface area contributed by atoms with Crippen LogP contribution < -0.4 is 5.32 Å². The first-order valence-electron chi connectivity index (χ1n) is 6.37. The van der Waals surface area contributed by atoms with Crippen LogP contribution in [0.4, 0.5) is 5.69 Å². The number of hydrogen-bond donors (Lipinski definition) is 2. The second-order valence-electron chi connectivity index (χ2n) is 5.02. The topological polar surface area (TPSA) is 32.3 Å². The molecule has 2 rings (SSSR count). The Morgan fingerprint density at radius 3 is 1.95 bits per heavy atom. The zero-order valence-corrected chi connectivity index (χ0v) is 13.2. The molecule has 2 aromatic carbocycles. The Hall–Kier alpha value is -1.38. The average molecular weight is 310 g/mol. The third-order valence-corrected chi connectivity index (χ3v) is 3.90. The first-order chi connectivity index (χ1) is 9.38. The molecule has 0 spiro atoms. The molecule has 0 amide bonds. The van der Waals surface area contributed by atoms with Crippen molar-refractivity contribution in [3.63, 3.8) is 0 Å². The molecular weight excluding hydrogens is 293 g/mol. The van der Waals surface area contributed by atoms with Crippen LogP contribution in [0.2, 0.25) is 10.0 Å². The van der Waals surface area contributed by atoms with Crippen molar-refractivity contribution in [3.05, 3.63) is 56.6 Å². The summed E-state index contributed by atoms with van der Waals surface area (Å²) in [6, 6.07) is 7.67. The van der Waals surface area contributed by atoms with Gasteiger partial charge >= 0.3 is 0 Å². The van der Waals surface area contributed by atoms with E-state index in [-0.39, 0.29) is 15.8 Å². The van der Waals surface area contributed by atoms with E-state index in [9.17, 15) is 5.11 Å². The molecule has 0 saturated carbocycles. The summed E-state index contributed by atoms with van der Waals surface area (Å²) in [5, 5.41) is 13.3. The van der Waals surface area contributed by atoms with Crippen LogP contribution in [0, 0.1) is 20.8 Å². The Bertz CT molecular complexity index is 607. The number of anilines is 1. The van der Waals surface area contributed by atoms with Crippen LogP contribution in [0.25, 0.3) is 0 Å². The fraction of sp³-hybridized carbons (Fsp3) is 0.250. The van der Waals surface area contributed by atoms with Crippen molar-refractivity contribution in [2.24, 2.45) is 0 Å². The second-order valence-corrected chi connectivity index (χ2v) is 5.83. The SMILES string of the molecule is Cc1cc(C)c(CNc2cc(Cl)c(O)c(Cl)c2)c(C)c1. The number of hydrogen-bond acceptors (Lipinski definition) is 2. The zero-order valence-electron chi connectivity index (χ0n) is 11.7. The first-order valence-corrected chi connectivity index (χ1v) is 7.12. The summed E-state index contributed by atoms with van der Waals surface area (Å²) in [4.78, 5) is 0. The maximum Gasteiger partial charge on any atom is 0.152 e. The number of aryl methyl sites for hydroxylation is 3. The van der Waals surface area contributed by atoms with Crippen LogP contribution in [0.3, 0.4) is 0 Å². The molecule has 0 aliphatic rings. The van der Waals surface area contributed by atoms with Gasteiger partial charge in [0.2, 0.25) is 0 Å². The van der Waals surface area contributed by atoms with Gasteiger partial charge in [0.1, 0.15) is 0 Å². The fourth-order valence-corrected chi connectivity index (χ4v) is 2.83. The van der Waals surface area contributed by atoms with Crippen LogP contribution in [0.15, 0.2) is 24.3 Å². The largest absolute Gasteiger partial charge is 0.505 e. The molecule has 0 radical (unpaired) electrons. The van der Waals surface area contributed by atoms with Crippen LogP contribution >= 0.6 is 23.2 Å². The van der Waals surface area contributed by atoms with E-state index in [1.165, 1.54) is 22.3 Å². The molecule has 0 bridgehead atoms. The molecule has 0 heterocycles. The molecule has 0 unspecified atom stereocenters. The molecule has 0 aliphatic carbocycles. The Balaban J connectivity index is 2.21. The maximum absolute atomic E-state index is 9.54. The Morgan fingerprint density at radius 2 is 1.45 bits per heavy atom. The van der Waals surface area contributed by atoms with E-state index in [2.05, 4.69) is 38.2 Å². The van der Waals surface area contributed by atoms with Gasteiger partial charge in [-0.1, -0.05) is 40.9 Å². The predicted molar refractivity (Wildman–Crippen MR) is 86.1 cm³/mol. The van der Waals surface area contributed by atoms with Gasteiger partial charge in [-0.15, -0.1) is 0 Å². The molecule has 0 atom stereocenters. The number of benzene rings is 2. The van der Waals surface area contributed by atoms with Gasteiger partial charge in [-0.3, -0.25) is 0 Å². The number of halogens is 2. The summed E-state index contributed by atoms with van der Waals surface area (Å²) in [5.41, 5.74) is 5.82. The minimum Gasteiger partial charge on any atom is -0.505 e. The molecule has 20 heavy (non-hydrogen) atoms. The van der Waals surface area contributed by atoms with Crippen molar-refractivity contribution in [1.82, 2.24) is 0 Å². The molecule has 2 nitrogen and oxygen atoms in total. The molecule has 2 aromatic rings. The van der Waals surface area contributed by atoms with Crippen molar-refractivity contribution >= 4 is 28.9 Å².